The topological polar surface area (TPSA) is 59.8 Å². The fourth-order valence-electron chi connectivity index (χ4n) is 3.33. The maximum absolute atomic E-state index is 12.1. The molecule has 0 radical (unpaired) electrons. The Labute approximate surface area is 157 Å². The third kappa shape index (κ3) is 4.55. The molecule has 134 valence electrons. The maximum atomic E-state index is 12.1. The van der Waals surface area contributed by atoms with Crippen LogP contribution in [-0.2, 0) is 6.42 Å². The van der Waals surface area contributed by atoms with Gasteiger partial charge in [-0.1, -0.05) is 42.3 Å². The molecule has 3 rings (SSSR count). The van der Waals surface area contributed by atoms with Crippen molar-refractivity contribution < 1.29 is 4.79 Å². The quantitative estimate of drug-likeness (QED) is 0.581. The van der Waals surface area contributed by atoms with Crippen LogP contribution < -0.4 is 5.32 Å². The highest BCUT2D eigenvalue weighted by Gasteiger charge is 2.23. The van der Waals surface area contributed by atoms with E-state index in [4.69, 9.17) is 11.6 Å². The summed E-state index contributed by atoms with van der Waals surface area (Å²) in [7, 11) is 0. The second-order valence-corrected chi connectivity index (χ2v) is 7.49. The summed E-state index contributed by atoms with van der Waals surface area (Å²) in [4.78, 5) is 12.1. The van der Waals surface area contributed by atoms with Gasteiger partial charge in [0.15, 0.2) is 5.16 Å². The van der Waals surface area contributed by atoms with Gasteiger partial charge in [-0.3, -0.25) is 4.79 Å². The molecule has 1 aromatic heterocycles. The Morgan fingerprint density at radius 1 is 1.36 bits per heavy atom. The summed E-state index contributed by atoms with van der Waals surface area (Å²) in [6.45, 7) is 0.609. The van der Waals surface area contributed by atoms with Gasteiger partial charge in [-0.15, -0.1) is 10.2 Å². The van der Waals surface area contributed by atoms with Crippen LogP contribution in [0.2, 0.25) is 5.02 Å². The van der Waals surface area contributed by atoms with Crippen LogP contribution in [0.15, 0.2) is 29.4 Å². The van der Waals surface area contributed by atoms with Gasteiger partial charge in [0, 0.05) is 29.6 Å². The molecule has 1 amide bonds. The van der Waals surface area contributed by atoms with Crippen molar-refractivity contribution in [1.29, 1.82) is 0 Å². The minimum Gasteiger partial charge on any atom is -0.352 e. The van der Waals surface area contributed by atoms with Crippen molar-refractivity contribution in [3.63, 3.8) is 0 Å². The summed E-state index contributed by atoms with van der Waals surface area (Å²) in [5.74, 6) is 0.942. The van der Waals surface area contributed by atoms with Gasteiger partial charge in [0.25, 0.3) is 5.91 Å². The summed E-state index contributed by atoms with van der Waals surface area (Å²) in [6, 6.07) is 7.53. The third-order valence-corrected chi connectivity index (χ3v) is 5.44. The van der Waals surface area contributed by atoms with Crippen molar-refractivity contribution in [2.45, 2.75) is 49.7 Å². The number of nitrogens with one attached hydrogen (secondary N) is 1. The Hall–Kier alpha value is -1.53. The molecular weight excluding hydrogens is 356 g/mol. The van der Waals surface area contributed by atoms with Gasteiger partial charge in [-0.2, -0.15) is 0 Å². The fraction of sp³-hybridized carbons (Fsp3) is 0.500. The van der Waals surface area contributed by atoms with Crippen molar-refractivity contribution in [3.8, 4) is 0 Å². The molecule has 0 bridgehead atoms. The second-order valence-electron chi connectivity index (χ2n) is 6.28. The number of benzene rings is 1. The van der Waals surface area contributed by atoms with E-state index >= 15 is 0 Å². The van der Waals surface area contributed by atoms with Crippen molar-refractivity contribution in [3.05, 3.63) is 40.7 Å². The molecular formula is C18H23ClN4OS. The first kappa shape index (κ1) is 18.3. The van der Waals surface area contributed by atoms with Crippen molar-refractivity contribution in [1.82, 2.24) is 20.1 Å². The molecule has 1 fully saturated rings. The molecule has 0 spiro atoms. The molecule has 0 unspecified atom stereocenters. The standard InChI is InChI=1S/C18H23ClN4OS/c1-25-18-22-21-16(23(18)15-8-2-3-9-15)10-5-11-20-17(24)13-6-4-7-14(19)12-13/h4,6-7,12,15H,2-3,5,8-11H2,1H3,(H,20,24). The van der Waals surface area contributed by atoms with Crippen LogP contribution in [0.3, 0.4) is 0 Å². The summed E-state index contributed by atoms with van der Waals surface area (Å²) in [5.41, 5.74) is 0.589. The predicted octanol–water partition coefficient (Wildman–Crippen LogP) is 4.13. The minimum absolute atomic E-state index is 0.0930. The van der Waals surface area contributed by atoms with E-state index in [1.807, 2.05) is 6.26 Å². The van der Waals surface area contributed by atoms with Crippen LogP contribution >= 0.6 is 23.4 Å². The number of halogens is 1. The van der Waals surface area contributed by atoms with E-state index in [-0.39, 0.29) is 5.91 Å². The Balaban J connectivity index is 1.54. The zero-order chi connectivity index (χ0) is 17.6. The van der Waals surface area contributed by atoms with Gasteiger partial charge in [0.1, 0.15) is 5.82 Å². The molecule has 1 aliphatic rings. The predicted molar refractivity (Wildman–Crippen MR) is 101 cm³/mol. The van der Waals surface area contributed by atoms with Crippen molar-refractivity contribution >= 4 is 29.3 Å². The Bertz CT molecular complexity index is 728. The van der Waals surface area contributed by atoms with Gasteiger partial charge in [-0.25, -0.2) is 0 Å². The average molecular weight is 379 g/mol. The van der Waals surface area contributed by atoms with Crippen LogP contribution in [-0.4, -0.2) is 33.5 Å². The van der Waals surface area contributed by atoms with Gasteiger partial charge < -0.3 is 9.88 Å². The number of amides is 1. The van der Waals surface area contributed by atoms with Gasteiger partial charge in [-0.05, 0) is 43.7 Å². The molecule has 2 aromatic rings. The molecule has 1 saturated carbocycles. The number of nitrogens with zero attached hydrogens (tertiary/aromatic N) is 3. The number of aromatic nitrogens is 3. The first-order valence-corrected chi connectivity index (χ1v) is 10.3. The van der Waals surface area contributed by atoms with Gasteiger partial charge >= 0.3 is 0 Å². The van der Waals surface area contributed by atoms with Crippen LogP contribution in [0.1, 0.15) is 54.3 Å². The molecule has 0 atom stereocenters. The van der Waals surface area contributed by atoms with Crippen LogP contribution in [0.5, 0.6) is 0 Å². The summed E-state index contributed by atoms with van der Waals surface area (Å²) >= 11 is 7.58. The van der Waals surface area contributed by atoms with Crippen LogP contribution in [0, 0.1) is 0 Å². The number of hydrogen-bond donors (Lipinski definition) is 1. The number of hydrogen-bond acceptors (Lipinski definition) is 4. The molecule has 1 aliphatic carbocycles. The fourth-order valence-corrected chi connectivity index (χ4v) is 4.09. The third-order valence-electron chi connectivity index (χ3n) is 4.56. The summed E-state index contributed by atoms with van der Waals surface area (Å²) < 4.78 is 2.32. The first-order valence-electron chi connectivity index (χ1n) is 8.70. The smallest absolute Gasteiger partial charge is 0.251 e. The Kier molecular flexibility index (Phi) is 6.37. The summed E-state index contributed by atoms with van der Waals surface area (Å²) in [5, 5.41) is 13.2. The average Bonchev–Trinajstić information content (AvgIpc) is 3.27. The zero-order valence-electron chi connectivity index (χ0n) is 14.4. The second kappa shape index (κ2) is 8.72. The largest absolute Gasteiger partial charge is 0.352 e. The lowest BCUT2D eigenvalue weighted by molar-refractivity contribution is 0.0953. The molecule has 0 saturated heterocycles. The van der Waals surface area contributed by atoms with Gasteiger partial charge in [0.05, 0.1) is 0 Å². The maximum Gasteiger partial charge on any atom is 0.251 e. The van der Waals surface area contributed by atoms with Crippen molar-refractivity contribution in [2.24, 2.45) is 0 Å². The van der Waals surface area contributed by atoms with E-state index in [1.165, 1.54) is 25.7 Å². The lowest BCUT2D eigenvalue weighted by atomic mass is 10.2. The molecule has 5 nitrogen and oxygen atoms in total. The monoisotopic (exact) mass is 378 g/mol. The minimum atomic E-state index is -0.0930. The molecule has 7 heteroatoms. The molecule has 1 N–H and O–H groups in total. The van der Waals surface area contributed by atoms with E-state index in [9.17, 15) is 4.79 Å². The van der Waals surface area contributed by atoms with Gasteiger partial charge in [0.2, 0.25) is 0 Å². The SMILES string of the molecule is CSc1nnc(CCCNC(=O)c2cccc(Cl)c2)n1C1CCCC1. The first-order chi connectivity index (χ1) is 12.2. The number of rotatable bonds is 7. The molecule has 25 heavy (non-hydrogen) atoms. The highest BCUT2D eigenvalue weighted by Crippen LogP contribution is 2.33. The molecule has 1 heterocycles. The highest BCUT2D eigenvalue weighted by atomic mass is 35.5. The summed E-state index contributed by atoms with van der Waals surface area (Å²) in [6.07, 6.45) is 8.70. The van der Waals surface area contributed by atoms with Crippen molar-refractivity contribution in [2.75, 3.05) is 12.8 Å². The molecule has 0 aliphatic heterocycles. The number of thioether (sulfide) groups is 1. The van der Waals surface area contributed by atoms with E-state index in [2.05, 4.69) is 20.1 Å². The Morgan fingerprint density at radius 2 is 2.16 bits per heavy atom. The number of carbonyl (C=O) groups is 1. The zero-order valence-corrected chi connectivity index (χ0v) is 15.9. The van der Waals surface area contributed by atoms with Crippen LogP contribution in [0.25, 0.3) is 0 Å². The van der Waals surface area contributed by atoms with E-state index < -0.39 is 0 Å². The number of aryl methyl sites for hydroxylation is 1. The number of carbonyl (C=O) groups excluding carboxylic acids is 1. The van der Waals surface area contributed by atoms with E-state index in [0.29, 0.717) is 23.2 Å². The molecule has 1 aromatic carbocycles. The highest BCUT2D eigenvalue weighted by molar-refractivity contribution is 7.98. The van der Waals surface area contributed by atoms with E-state index in [1.54, 1.807) is 36.0 Å². The lowest BCUT2D eigenvalue weighted by Crippen LogP contribution is -2.25. The Morgan fingerprint density at radius 3 is 2.88 bits per heavy atom. The van der Waals surface area contributed by atoms with Crippen LogP contribution in [0.4, 0.5) is 0 Å². The normalized spacial score (nSPS) is 14.8. The lowest BCUT2D eigenvalue weighted by Gasteiger charge is -2.16. The van der Waals surface area contributed by atoms with E-state index in [0.717, 1.165) is 23.8 Å².